The molecule has 0 bridgehead atoms. The van der Waals surface area contributed by atoms with Crippen molar-refractivity contribution in [2.75, 3.05) is 7.05 Å². The van der Waals surface area contributed by atoms with Crippen LogP contribution < -0.4 is 5.32 Å². The lowest BCUT2D eigenvalue weighted by molar-refractivity contribution is 0.245. The molecule has 1 atom stereocenters. The van der Waals surface area contributed by atoms with Gasteiger partial charge in [-0.25, -0.2) is 0 Å². The van der Waals surface area contributed by atoms with Gasteiger partial charge in [0.1, 0.15) is 0 Å². The molecule has 0 spiro atoms. The Hall–Kier alpha value is -0.820. The van der Waals surface area contributed by atoms with Crippen LogP contribution in [0.15, 0.2) is 18.2 Å². The van der Waals surface area contributed by atoms with Gasteiger partial charge in [-0.1, -0.05) is 39.0 Å². The lowest BCUT2D eigenvalue weighted by Crippen LogP contribution is -2.31. The van der Waals surface area contributed by atoms with Gasteiger partial charge in [-0.2, -0.15) is 0 Å². The van der Waals surface area contributed by atoms with Crippen molar-refractivity contribution in [2.45, 2.75) is 47.1 Å². The van der Waals surface area contributed by atoms with Crippen molar-refractivity contribution in [1.82, 2.24) is 5.32 Å². The summed E-state index contributed by atoms with van der Waals surface area (Å²) in [6.45, 7) is 11.3. The van der Waals surface area contributed by atoms with Crippen LogP contribution in [0.5, 0.6) is 0 Å². The topological polar surface area (TPSA) is 12.0 Å². The highest BCUT2D eigenvalue weighted by molar-refractivity contribution is 5.32. The van der Waals surface area contributed by atoms with Crippen LogP contribution in [0.2, 0.25) is 0 Å². The second-order valence-corrected chi connectivity index (χ2v) is 5.41. The Kier molecular flexibility index (Phi) is 4.15. The summed E-state index contributed by atoms with van der Waals surface area (Å²) in [5, 5.41) is 3.46. The molecule has 1 N–H and O–H groups in total. The maximum atomic E-state index is 3.46. The molecule has 16 heavy (non-hydrogen) atoms. The van der Waals surface area contributed by atoms with Gasteiger partial charge in [-0.3, -0.25) is 0 Å². The van der Waals surface area contributed by atoms with E-state index in [4.69, 9.17) is 0 Å². The number of aryl methyl sites for hydroxylation is 2. The number of rotatable bonds is 4. The number of benzene rings is 1. The molecule has 0 aliphatic heterocycles. The van der Waals surface area contributed by atoms with Gasteiger partial charge in [0.2, 0.25) is 0 Å². The highest BCUT2D eigenvalue weighted by atomic mass is 14.9. The Morgan fingerprint density at radius 3 is 2.25 bits per heavy atom. The van der Waals surface area contributed by atoms with Gasteiger partial charge in [0.05, 0.1) is 0 Å². The fraction of sp³-hybridized carbons (Fsp3) is 0.600. The molecule has 0 saturated heterocycles. The van der Waals surface area contributed by atoms with E-state index in [2.05, 4.69) is 65.2 Å². The molecular weight excluding hydrogens is 194 g/mol. The number of hydrogen-bond donors (Lipinski definition) is 1. The van der Waals surface area contributed by atoms with Crippen LogP contribution in [-0.4, -0.2) is 7.05 Å². The van der Waals surface area contributed by atoms with Crippen molar-refractivity contribution in [3.05, 3.63) is 34.9 Å². The molecule has 0 aliphatic rings. The first-order chi connectivity index (χ1) is 7.42. The second kappa shape index (κ2) is 5.01. The van der Waals surface area contributed by atoms with Crippen LogP contribution in [0.1, 0.15) is 49.9 Å². The van der Waals surface area contributed by atoms with Crippen LogP contribution in [0, 0.1) is 19.3 Å². The standard InChI is InChI=1S/C15H25N/c1-7-15(4,5)14(16-6)13-9-8-11(2)12(3)10-13/h8-10,14,16H,7H2,1-6H3. The largest absolute Gasteiger partial charge is 0.313 e. The zero-order valence-electron chi connectivity index (χ0n) is 11.5. The molecule has 1 heteroatoms. The highest BCUT2D eigenvalue weighted by Gasteiger charge is 2.27. The summed E-state index contributed by atoms with van der Waals surface area (Å²) in [5.41, 5.74) is 4.44. The van der Waals surface area contributed by atoms with Gasteiger partial charge >= 0.3 is 0 Å². The minimum atomic E-state index is 0.288. The van der Waals surface area contributed by atoms with Gasteiger partial charge in [-0.05, 0) is 49.4 Å². The molecule has 0 aliphatic carbocycles. The highest BCUT2D eigenvalue weighted by Crippen LogP contribution is 2.36. The van der Waals surface area contributed by atoms with Crippen LogP contribution in [0.4, 0.5) is 0 Å². The third kappa shape index (κ3) is 2.65. The Morgan fingerprint density at radius 1 is 1.19 bits per heavy atom. The summed E-state index contributed by atoms with van der Waals surface area (Å²) < 4.78 is 0. The summed E-state index contributed by atoms with van der Waals surface area (Å²) in [7, 11) is 2.05. The Balaban J connectivity index is 3.09. The summed E-state index contributed by atoms with van der Waals surface area (Å²) >= 11 is 0. The Bertz CT molecular complexity index is 352. The van der Waals surface area contributed by atoms with E-state index in [9.17, 15) is 0 Å². The minimum absolute atomic E-state index is 0.288. The van der Waals surface area contributed by atoms with Crippen molar-refractivity contribution >= 4 is 0 Å². The van der Waals surface area contributed by atoms with E-state index in [1.54, 1.807) is 0 Å². The second-order valence-electron chi connectivity index (χ2n) is 5.41. The van der Waals surface area contributed by atoms with Crippen molar-refractivity contribution in [2.24, 2.45) is 5.41 Å². The smallest absolute Gasteiger partial charge is 0.0369 e. The third-order valence-electron chi connectivity index (χ3n) is 3.85. The molecule has 1 aromatic rings. The van der Waals surface area contributed by atoms with Crippen LogP contribution >= 0.6 is 0 Å². The molecule has 1 aromatic carbocycles. The monoisotopic (exact) mass is 219 g/mol. The minimum Gasteiger partial charge on any atom is -0.313 e. The van der Waals surface area contributed by atoms with E-state index in [0.717, 1.165) is 0 Å². The first-order valence-electron chi connectivity index (χ1n) is 6.16. The van der Waals surface area contributed by atoms with Crippen molar-refractivity contribution < 1.29 is 0 Å². The van der Waals surface area contributed by atoms with Crippen LogP contribution in [-0.2, 0) is 0 Å². The molecule has 0 fully saturated rings. The predicted octanol–water partition coefficient (Wildman–Crippen LogP) is 4.00. The molecule has 1 nitrogen and oxygen atoms in total. The van der Waals surface area contributed by atoms with Crippen molar-refractivity contribution in [3.8, 4) is 0 Å². The molecule has 1 rings (SSSR count). The molecule has 0 aromatic heterocycles. The molecule has 0 saturated carbocycles. The molecule has 0 amide bonds. The predicted molar refractivity (Wildman–Crippen MR) is 71.8 cm³/mol. The van der Waals surface area contributed by atoms with E-state index in [1.165, 1.54) is 23.1 Å². The summed E-state index contributed by atoms with van der Waals surface area (Å²) in [6.07, 6.45) is 1.17. The number of nitrogens with one attached hydrogen (secondary N) is 1. The fourth-order valence-corrected chi connectivity index (χ4v) is 2.16. The van der Waals surface area contributed by atoms with Gasteiger partial charge in [0, 0.05) is 6.04 Å². The molecule has 0 radical (unpaired) electrons. The fourth-order valence-electron chi connectivity index (χ4n) is 2.16. The van der Waals surface area contributed by atoms with E-state index in [-0.39, 0.29) is 5.41 Å². The van der Waals surface area contributed by atoms with Gasteiger partial charge in [0.15, 0.2) is 0 Å². The summed E-state index contributed by atoms with van der Waals surface area (Å²) in [6, 6.07) is 7.21. The van der Waals surface area contributed by atoms with E-state index in [0.29, 0.717) is 6.04 Å². The summed E-state index contributed by atoms with van der Waals surface area (Å²) in [4.78, 5) is 0. The maximum Gasteiger partial charge on any atom is 0.0369 e. The van der Waals surface area contributed by atoms with Crippen LogP contribution in [0.25, 0.3) is 0 Å². The maximum absolute atomic E-state index is 3.46. The van der Waals surface area contributed by atoms with Gasteiger partial charge in [-0.15, -0.1) is 0 Å². The van der Waals surface area contributed by atoms with Crippen LogP contribution in [0.3, 0.4) is 0 Å². The normalized spacial score (nSPS) is 13.9. The van der Waals surface area contributed by atoms with E-state index < -0.39 is 0 Å². The number of hydrogen-bond acceptors (Lipinski definition) is 1. The SMILES string of the molecule is CCC(C)(C)C(NC)c1ccc(C)c(C)c1. The molecule has 0 heterocycles. The van der Waals surface area contributed by atoms with E-state index >= 15 is 0 Å². The Labute approximate surface area is 100 Å². The molecular formula is C15H25N. The first-order valence-corrected chi connectivity index (χ1v) is 6.16. The average molecular weight is 219 g/mol. The van der Waals surface area contributed by atoms with E-state index in [1.807, 2.05) is 0 Å². The van der Waals surface area contributed by atoms with Gasteiger partial charge < -0.3 is 5.32 Å². The lowest BCUT2D eigenvalue weighted by atomic mass is 9.78. The average Bonchev–Trinajstić information content (AvgIpc) is 2.24. The quantitative estimate of drug-likeness (QED) is 0.807. The third-order valence-corrected chi connectivity index (χ3v) is 3.85. The summed E-state index contributed by atoms with van der Waals surface area (Å²) in [5.74, 6) is 0. The zero-order chi connectivity index (χ0) is 12.3. The van der Waals surface area contributed by atoms with Gasteiger partial charge in [0.25, 0.3) is 0 Å². The van der Waals surface area contributed by atoms with Crippen molar-refractivity contribution in [3.63, 3.8) is 0 Å². The lowest BCUT2D eigenvalue weighted by Gasteiger charge is -2.34. The van der Waals surface area contributed by atoms with Crippen molar-refractivity contribution in [1.29, 1.82) is 0 Å². The zero-order valence-corrected chi connectivity index (χ0v) is 11.5. The molecule has 1 unspecified atom stereocenters. The first kappa shape index (κ1) is 13.2. The molecule has 90 valence electrons. The Morgan fingerprint density at radius 2 is 1.81 bits per heavy atom.